The van der Waals surface area contributed by atoms with Crippen molar-refractivity contribution in [2.45, 2.75) is 6.54 Å². The van der Waals surface area contributed by atoms with Crippen molar-refractivity contribution in [1.29, 1.82) is 0 Å². The molecule has 1 amide bonds. The molecule has 22 heavy (non-hydrogen) atoms. The Morgan fingerprint density at radius 3 is 2.82 bits per heavy atom. The van der Waals surface area contributed by atoms with Gasteiger partial charge in [-0.25, -0.2) is 9.37 Å². The minimum absolute atomic E-state index is 0.105. The summed E-state index contributed by atoms with van der Waals surface area (Å²) in [5.74, 6) is -1.87. The molecule has 0 aliphatic carbocycles. The normalized spacial score (nSPS) is 14.0. The predicted molar refractivity (Wildman–Crippen MR) is 77.1 cm³/mol. The first kappa shape index (κ1) is 12.7. The standard InChI is InChI=1S/C16H10FN3O2/c17-10-4-5-13-12(7-10)15(21)16(22)20(13)9-11-8-19-6-2-1-3-14(19)18-11/h1-8H,9H2. The number of nitrogens with zero attached hydrogens (tertiary/aromatic N) is 3. The zero-order chi connectivity index (χ0) is 15.3. The van der Waals surface area contributed by atoms with Gasteiger partial charge in [-0.05, 0) is 30.3 Å². The Bertz CT molecular complexity index is 899. The van der Waals surface area contributed by atoms with E-state index in [9.17, 15) is 14.0 Å². The molecule has 3 heterocycles. The van der Waals surface area contributed by atoms with Crippen molar-refractivity contribution in [2.24, 2.45) is 0 Å². The van der Waals surface area contributed by atoms with Gasteiger partial charge < -0.3 is 4.40 Å². The second kappa shape index (κ2) is 4.49. The minimum atomic E-state index is -0.682. The van der Waals surface area contributed by atoms with Gasteiger partial charge in [0.2, 0.25) is 0 Å². The number of halogens is 1. The highest BCUT2D eigenvalue weighted by Crippen LogP contribution is 2.30. The van der Waals surface area contributed by atoms with Crippen LogP contribution in [-0.2, 0) is 11.3 Å². The second-order valence-electron chi connectivity index (χ2n) is 5.08. The summed E-state index contributed by atoms with van der Waals surface area (Å²) >= 11 is 0. The molecule has 108 valence electrons. The number of imidazole rings is 1. The van der Waals surface area contributed by atoms with Gasteiger partial charge in [0.1, 0.15) is 11.5 Å². The molecule has 3 aromatic rings. The van der Waals surface area contributed by atoms with E-state index in [0.29, 0.717) is 11.4 Å². The monoisotopic (exact) mass is 295 g/mol. The van der Waals surface area contributed by atoms with Crippen LogP contribution in [0, 0.1) is 5.82 Å². The molecule has 6 heteroatoms. The fourth-order valence-corrected chi connectivity index (χ4v) is 2.66. The summed E-state index contributed by atoms with van der Waals surface area (Å²) in [7, 11) is 0. The van der Waals surface area contributed by atoms with Crippen LogP contribution in [0.25, 0.3) is 5.65 Å². The lowest BCUT2D eigenvalue weighted by atomic mass is 10.1. The lowest BCUT2D eigenvalue weighted by molar-refractivity contribution is -0.114. The molecule has 4 rings (SSSR count). The largest absolute Gasteiger partial charge is 0.307 e. The number of aromatic nitrogens is 2. The van der Waals surface area contributed by atoms with Crippen molar-refractivity contribution < 1.29 is 14.0 Å². The van der Waals surface area contributed by atoms with Gasteiger partial charge in [-0.1, -0.05) is 6.07 Å². The molecular weight excluding hydrogens is 285 g/mol. The van der Waals surface area contributed by atoms with Gasteiger partial charge in [-0.15, -0.1) is 0 Å². The number of hydrogen-bond acceptors (Lipinski definition) is 3. The molecule has 5 nitrogen and oxygen atoms in total. The second-order valence-corrected chi connectivity index (χ2v) is 5.08. The van der Waals surface area contributed by atoms with Crippen LogP contribution in [0.3, 0.4) is 0 Å². The molecule has 1 aliphatic heterocycles. The number of hydrogen-bond donors (Lipinski definition) is 0. The van der Waals surface area contributed by atoms with E-state index in [0.717, 1.165) is 11.7 Å². The highest BCUT2D eigenvalue weighted by molar-refractivity contribution is 6.52. The summed E-state index contributed by atoms with van der Waals surface area (Å²) in [6.07, 6.45) is 3.65. The molecular formula is C16H10FN3O2. The van der Waals surface area contributed by atoms with Gasteiger partial charge in [0.15, 0.2) is 0 Å². The van der Waals surface area contributed by atoms with Gasteiger partial charge in [0.25, 0.3) is 11.7 Å². The molecule has 0 fully saturated rings. The molecule has 0 atom stereocenters. The van der Waals surface area contributed by atoms with E-state index >= 15 is 0 Å². The van der Waals surface area contributed by atoms with Crippen LogP contribution < -0.4 is 4.90 Å². The van der Waals surface area contributed by atoms with Crippen molar-refractivity contribution in [2.75, 3.05) is 4.90 Å². The molecule has 0 radical (unpaired) electrons. The zero-order valence-corrected chi connectivity index (χ0v) is 11.4. The van der Waals surface area contributed by atoms with Gasteiger partial charge >= 0.3 is 0 Å². The van der Waals surface area contributed by atoms with E-state index in [1.165, 1.54) is 17.0 Å². The number of benzene rings is 1. The fraction of sp³-hybridized carbons (Fsp3) is 0.0625. The first-order chi connectivity index (χ1) is 10.6. The molecule has 1 aromatic carbocycles. The number of carbonyl (C=O) groups excluding carboxylic acids is 2. The van der Waals surface area contributed by atoms with Crippen molar-refractivity contribution >= 4 is 23.0 Å². The van der Waals surface area contributed by atoms with Gasteiger partial charge in [0, 0.05) is 12.4 Å². The summed E-state index contributed by atoms with van der Waals surface area (Å²) in [6, 6.07) is 9.38. The fourth-order valence-electron chi connectivity index (χ4n) is 2.66. The summed E-state index contributed by atoms with van der Waals surface area (Å²) < 4.78 is 15.1. The maximum Gasteiger partial charge on any atom is 0.299 e. The molecule has 0 saturated carbocycles. The Morgan fingerprint density at radius 2 is 2.00 bits per heavy atom. The van der Waals surface area contributed by atoms with Crippen molar-refractivity contribution in [3.8, 4) is 0 Å². The maximum atomic E-state index is 13.3. The van der Waals surface area contributed by atoms with Crippen molar-refractivity contribution in [3.05, 3.63) is 65.9 Å². The maximum absolute atomic E-state index is 13.3. The average molecular weight is 295 g/mol. The molecule has 1 aliphatic rings. The van der Waals surface area contributed by atoms with Crippen LogP contribution in [0.15, 0.2) is 48.8 Å². The number of pyridine rings is 1. The number of carbonyl (C=O) groups is 2. The van der Waals surface area contributed by atoms with Crippen molar-refractivity contribution in [1.82, 2.24) is 9.38 Å². The van der Waals surface area contributed by atoms with Gasteiger partial charge in [0.05, 0.1) is 23.5 Å². The van der Waals surface area contributed by atoms with Crippen LogP contribution in [0.1, 0.15) is 16.1 Å². The van der Waals surface area contributed by atoms with Crippen LogP contribution in [0.4, 0.5) is 10.1 Å². The molecule has 0 unspecified atom stereocenters. The van der Waals surface area contributed by atoms with Crippen molar-refractivity contribution in [3.63, 3.8) is 0 Å². The lowest BCUT2D eigenvalue weighted by Crippen LogP contribution is -2.29. The summed E-state index contributed by atoms with van der Waals surface area (Å²) in [4.78, 5) is 29.8. The first-order valence-electron chi connectivity index (χ1n) is 6.72. The Balaban J connectivity index is 1.74. The Labute approximate surface area is 124 Å². The number of amides is 1. The Kier molecular flexibility index (Phi) is 2.59. The topological polar surface area (TPSA) is 54.7 Å². The SMILES string of the molecule is O=C1C(=O)N(Cc2cn3ccccc3n2)c2ccc(F)cc21. The van der Waals surface area contributed by atoms with E-state index in [2.05, 4.69) is 4.98 Å². The molecule has 0 saturated heterocycles. The molecule has 0 N–H and O–H groups in total. The van der Waals surface area contributed by atoms with Crippen LogP contribution >= 0.6 is 0 Å². The van der Waals surface area contributed by atoms with Crippen LogP contribution in [0.2, 0.25) is 0 Å². The van der Waals surface area contributed by atoms with E-state index < -0.39 is 17.5 Å². The van der Waals surface area contributed by atoms with Crippen LogP contribution in [0.5, 0.6) is 0 Å². The number of Topliss-reactive ketones (excluding diaryl/α,β-unsaturated/α-hetero) is 1. The Morgan fingerprint density at radius 1 is 1.14 bits per heavy atom. The van der Waals surface area contributed by atoms with E-state index in [-0.39, 0.29) is 12.1 Å². The minimum Gasteiger partial charge on any atom is -0.307 e. The number of ketones is 1. The lowest BCUT2D eigenvalue weighted by Gasteiger charge is -2.14. The third-order valence-electron chi connectivity index (χ3n) is 3.67. The van der Waals surface area contributed by atoms with E-state index in [1.54, 1.807) is 6.20 Å². The third-order valence-corrected chi connectivity index (χ3v) is 3.67. The summed E-state index contributed by atoms with van der Waals surface area (Å²) in [5.41, 5.74) is 1.95. The van der Waals surface area contributed by atoms with Gasteiger partial charge in [-0.2, -0.15) is 0 Å². The summed E-state index contributed by atoms with van der Waals surface area (Å²) in [6.45, 7) is 0.172. The average Bonchev–Trinajstić information content (AvgIpc) is 3.02. The smallest absolute Gasteiger partial charge is 0.299 e. The molecule has 0 bridgehead atoms. The number of anilines is 1. The number of rotatable bonds is 2. The molecule has 0 spiro atoms. The molecule has 2 aromatic heterocycles. The van der Waals surface area contributed by atoms with E-state index in [4.69, 9.17) is 0 Å². The first-order valence-corrected chi connectivity index (χ1v) is 6.72. The quantitative estimate of drug-likeness (QED) is 0.681. The highest BCUT2D eigenvalue weighted by Gasteiger charge is 2.36. The Hall–Kier alpha value is -3.02. The number of fused-ring (bicyclic) bond motifs is 2. The van der Waals surface area contributed by atoms with Gasteiger partial charge in [-0.3, -0.25) is 14.5 Å². The zero-order valence-electron chi connectivity index (χ0n) is 11.4. The van der Waals surface area contributed by atoms with E-state index in [1.807, 2.05) is 28.8 Å². The third kappa shape index (κ3) is 1.81. The highest BCUT2D eigenvalue weighted by atomic mass is 19.1. The summed E-state index contributed by atoms with van der Waals surface area (Å²) in [5, 5.41) is 0. The predicted octanol–water partition coefficient (Wildman–Crippen LogP) is 2.20. The van der Waals surface area contributed by atoms with Crippen LogP contribution in [-0.4, -0.2) is 21.1 Å².